The van der Waals surface area contributed by atoms with Crippen LogP contribution in [0.3, 0.4) is 0 Å². The molecular formula is C12H13BrN2O. The normalized spacial score (nSPS) is 10.7. The van der Waals surface area contributed by atoms with E-state index in [-0.39, 0.29) is 6.61 Å². The number of aryl methyl sites for hydroxylation is 1. The molecule has 0 fully saturated rings. The van der Waals surface area contributed by atoms with Gasteiger partial charge >= 0.3 is 0 Å². The molecule has 1 N–H and O–H groups in total. The number of hydrogen-bond acceptors (Lipinski definition) is 2. The fraction of sp³-hybridized carbons (Fsp3) is 0.250. The standard InChI is InChI=1S/C12H13BrN2O/c1-9-10(6-7-16)8-15(14-9)12-5-3-2-4-11(12)13/h2-5,8,16H,6-7H2,1H3. The highest BCUT2D eigenvalue weighted by Gasteiger charge is 2.07. The maximum Gasteiger partial charge on any atom is 0.0787 e. The second-order valence-electron chi connectivity index (χ2n) is 3.61. The maximum atomic E-state index is 8.93. The van der Waals surface area contributed by atoms with Crippen molar-refractivity contribution in [2.45, 2.75) is 13.3 Å². The van der Waals surface area contributed by atoms with E-state index in [1.54, 1.807) is 0 Å². The van der Waals surface area contributed by atoms with Gasteiger partial charge in [0.15, 0.2) is 0 Å². The first kappa shape index (κ1) is 11.4. The van der Waals surface area contributed by atoms with Crippen LogP contribution in [0.1, 0.15) is 11.3 Å². The lowest BCUT2D eigenvalue weighted by Gasteiger charge is -2.02. The lowest BCUT2D eigenvalue weighted by Crippen LogP contribution is -1.95. The fourth-order valence-electron chi connectivity index (χ4n) is 1.62. The molecule has 0 spiro atoms. The van der Waals surface area contributed by atoms with E-state index in [2.05, 4.69) is 21.0 Å². The van der Waals surface area contributed by atoms with E-state index in [4.69, 9.17) is 5.11 Å². The molecule has 0 atom stereocenters. The van der Waals surface area contributed by atoms with Gasteiger partial charge in [0, 0.05) is 17.3 Å². The molecule has 0 bridgehead atoms. The quantitative estimate of drug-likeness (QED) is 0.938. The molecule has 84 valence electrons. The number of rotatable bonds is 3. The fourth-order valence-corrected chi connectivity index (χ4v) is 2.09. The largest absolute Gasteiger partial charge is 0.396 e. The van der Waals surface area contributed by atoms with Gasteiger partial charge in [0.2, 0.25) is 0 Å². The van der Waals surface area contributed by atoms with Gasteiger partial charge in [-0.1, -0.05) is 12.1 Å². The lowest BCUT2D eigenvalue weighted by atomic mass is 10.2. The molecule has 1 aromatic carbocycles. The summed E-state index contributed by atoms with van der Waals surface area (Å²) in [5, 5.41) is 13.4. The number of benzene rings is 1. The van der Waals surface area contributed by atoms with E-state index in [1.165, 1.54) is 0 Å². The molecule has 1 heterocycles. The Labute approximate surface area is 103 Å². The second kappa shape index (κ2) is 4.80. The molecule has 4 heteroatoms. The summed E-state index contributed by atoms with van der Waals surface area (Å²) in [6.07, 6.45) is 2.61. The van der Waals surface area contributed by atoms with E-state index < -0.39 is 0 Å². The Balaban J connectivity index is 2.42. The number of halogens is 1. The van der Waals surface area contributed by atoms with Crippen LogP contribution in [0.4, 0.5) is 0 Å². The molecule has 2 rings (SSSR count). The minimum Gasteiger partial charge on any atom is -0.396 e. The van der Waals surface area contributed by atoms with Crippen LogP contribution in [0.25, 0.3) is 5.69 Å². The van der Waals surface area contributed by atoms with Crippen molar-refractivity contribution in [1.29, 1.82) is 0 Å². The first-order valence-electron chi connectivity index (χ1n) is 5.13. The van der Waals surface area contributed by atoms with Crippen LogP contribution in [0, 0.1) is 6.92 Å². The van der Waals surface area contributed by atoms with Crippen LogP contribution >= 0.6 is 15.9 Å². The van der Waals surface area contributed by atoms with E-state index in [0.29, 0.717) is 6.42 Å². The summed E-state index contributed by atoms with van der Waals surface area (Å²) >= 11 is 3.50. The van der Waals surface area contributed by atoms with Crippen LogP contribution in [0.2, 0.25) is 0 Å². The van der Waals surface area contributed by atoms with Gasteiger partial charge in [-0.3, -0.25) is 0 Å². The Hall–Kier alpha value is -1.13. The van der Waals surface area contributed by atoms with Crippen molar-refractivity contribution >= 4 is 15.9 Å². The number of aliphatic hydroxyl groups is 1. The summed E-state index contributed by atoms with van der Waals surface area (Å²) in [4.78, 5) is 0. The zero-order valence-electron chi connectivity index (χ0n) is 9.02. The van der Waals surface area contributed by atoms with Crippen molar-refractivity contribution in [3.05, 3.63) is 46.2 Å². The zero-order chi connectivity index (χ0) is 11.5. The number of aromatic nitrogens is 2. The van der Waals surface area contributed by atoms with Crippen molar-refractivity contribution in [3.8, 4) is 5.69 Å². The van der Waals surface area contributed by atoms with E-state index in [9.17, 15) is 0 Å². The third-order valence-electron chi connectivity index (χ3n) is 2.48. The number of nitrogens with zero attached hydrogens (tertiary/aromatic N) is 2. The van der Waals surface area contributed by atoms with Gasteiger partial charge in [-0.25, -0.2) is 4.68 Å². The monoisotopic (exact) mass is 280 g/mol. The number of para-hydroxylation sites is 1. The Kier molecular flexibility index (Phi) is 3.41. The zero-order valence-corrected chi connectivity index (χ0v) is 10.6. The molecule has 0 amide bonds. The van der Waals surface area contributed by atoms with Crippen molar-refractivity contribution in [3.63, 3.8) is 0 Å². The topological polar surface area (TPSA) is 38.0 Å². The molecule has 0 aliphatic heterocycles. The molecule has 0 aliphatic carbocycles. The van der Waals surface area contributed by atoms with Crippen LogP contribution < -0.4 is 0 Å². The summed E-state index contributed by atoms with van der Waals surface area (Å²) in [6, 6.07) is 7.93. The molecular weight excluding hydrogens is 268 g/mol. The minimum atomic E-state index is 0.155. The molecule has 0 saturated heterocycles. The predicted molar refractivity (Wildman–Crippen MR) is 66.8 cm³/mol. The summed E-state index contributed by atoms with van der Waals surface area (Å²) in [6.45, 7) is 2.11. The minimum absolute atomic E-state index is 0.155. The molecule has 16 heavy (non-hydrogen) atoms. The Morgan fingerprint density at radius 3 is 2.81 bits per heavy atom. The highest BCUT2D eigenvalue weighted by molar-refractivity contribution is 9.10. The van der Waals surface area contributed by atoms with Gasteiger partial charge in [-0.2, -0.15) is 5.10 Å². The second-order valence-corrected chi connectivity index (χ2v) is 4.46. The number of aliphatic hydroxyl groups excluding tert-OH is 1. The van der Waals surface area contributed by atoms with Crippen molar-refractivity contribution in [1.82, 2.24) is 9.78 Å². The Morgan fingerprint density at radius 2 is 2.12 bits per heavy atom. The SMILES string of the molecule is Cc1nn(-c2ccccc2Br)cc1CCO. The first-order valence-corrected chi connectivity index (χ1v) is 5.92. The Bertz CT molecular complexity index is 494. The average Bonchev–Trinajstić information content (AvgIpc) is 2.61. The van der Waals surface area contributed by atoms with Crippen LogP contribution in [0.15, 0.2) is 34.9 Å². The van der Waals surface area contributed by atoms with Gasteiger partial charge in [-0.15, -0.1) is 0 Å². The molecule has 0 aliphatic rings. The summed E-state index contributed by atoms with van der Waals surface area (Å²) in [7, 11) is 0. The highest BCUT2D eigenvalue weighted by Crippen LogP contribution is 2.21. The first-order chi connectivity index (χ1) is 7.72. The summed E-state index contributed by atoms with van der Waals surface area (Å²) in [5.74, 6) is 0. The Morgan fingerprint density at radius 1 is 1.38 bits per heavy atom. The number of hydrogen-bond donors (Lipinski definition) is 1. The van der Waals surface area contributed by atoms with Gasteiger partial charge in [-0.05, 0) is 47.0 Å². The summed E-state index contributed by atoms with van der Waals surface area (Å²) in [5.41, 5.74) is 3.05. The van der Waals surface area contributed by atoms with Crippen LogP contribution in [-0.4, -0.2) is 21.5 Å². The smallest absolute Gasteiger partial charge is 0.0787 e. The van der Waals surface area contributed by atoms with Gasteiger partial charge in [0.1, 0.15) is 0 Å². The third-order valence-corrected chi connectivity index (χ3v) is 3.15. The van der Waals surface area contributed by atoms with Gasteiger partial charge in [0.05, 0.1) is 11.4 Å². The lowest BCUT2D eigenvalue weighted by molar-refractivity contribution is 0.299. The molecule has 0 radical (unpaired) electrons. The van der Waals surface area contributed by atoms with E-state index in [0.717, 1.165) is 21.4 Å². The van der Waals surface area contributed by atoms with E-state index in [1.807, 2.05) is 42.1 Å². The average molecular weight is 281 g/mol. The molecule has 3 nitrogen and oxygen atoms in total. The van der Waals surface area contributed by atoms with Crippen molar-refractivity contribution < 1.29 is 5.11 Å². The predicted octanol–water partition coefficient (Wildman–Crippen LogP) is 2.48. The molecule has 1 aromatic heterocycles. The highest BCUT2D eigenvalue weighted by atomic mass is 79.9. The van der Waals surface area contributed by atoms with Gasteiger partial charge < -0.3 is 5.11 Å². The maximum absolute atomic E-state index is 8.93. The summed E-state index contributed by atoms with van der Waals surface area (Å²) < 4.78 is 2.85. The van der Waals surface area contributed by atoms with Crippen LogP contribution in [0.5, 0.6) is 0 Å². The molecule has 0 unspecified atom stereocenters. The van der Waals surface area contributed by atoms with Crippen LogP contribution in [-0.2, 0) is 6.42 Å². The molecule has 0 saturated carbocycles. The molecule has 2 aromatic rings. The van der Waals surface area contributed by atoms with Crippen molar-refractivity contribution in [2.24, 2.45) is 0 Å². The third kappa shape index (κ3) is 2.18. The van der Waals surface area contributed by atoms with E-state index >= 15 is 0 Å². The van der Waals surface area contributed by atoms with Crippen molar-refractivity contribution in [2.75, 3.05) is 6.61 Å². The van der Waals surface area contributed by atoms with Gasteiger partial charge in [0.25, 0.3) is 0 Å².